The zero-order valence-electron chi connectivity index (χ0n) is 19.6. The lowest BCUT2D eigenvalue weighted by molar-refractivity contribution is -0.145. The number of ether oxygens (including phenoxy) is 3. The Hall–Kier alpha value is -3.93. The number of aliphatic carboxylic acids is 1. The first kappa shape index (κ1) is 25.7. The van der Waals surface area contributed by atoms with Crippen molar-refractivity contribution in [1.29, 1.82) is 0 Å². The Labute approximate surface area is 201 Å². The molecule has 0 spiro atoms. The number of fused-ring (bicyclic) bond motifs is 1. The summed E-state index contributed by atoms with van der Waals surface area (Å²) in [7, 11) is 1.48. The summed E-state index contributed by atoms with van der Waals surface area (Å²) in [6, 6.07) is 7.45. The molecular formula is C23H28N4O8. The molecule has 0 saturated carbocycles. The summed E-state index contributed by atoms with van der Waals surface area (Å²) >= 11 is 0. The van der Waals surface area contributed by atoms with Crippen molar-refractivity contribution in [3.8, 4) is 5.75 Å². The van der Waals surface area contributed by atoms with E-state index in [1.807, 2.05) is 12.1 Å². The molecule has 35 heavy (non-hydrogen) atoms. The second-order valence-corrected chi connectivity index (χ2v) is 7.67. The monoisotopic (exact) mass is 488 g/mol. The molecule has 1 aromatic heterocycles. The lowest BCUT2D eigenvalue weighted by Crippen LogP contribution is -2.57. The minimum absolute atomic E-state index is 0.0312. The van der Waals surface area contributed by atoms with E-state index in [-0.39, 0.29) is 45.1 Å². The summed E-state index contributed by atoms with van der Waals surface area (Å²) in [6.45, 7) is 1.98. The predicted molar refractivity (Wildman–Crippen MR) is 123 cm³/mol. The van der Waals surface area contributed by atoms with Crippen LogP contribution in [0.1, 0.15) is 17.4 Å². The molecule has 2 N–H and O–H groups in total. The van der Waals surface area contributed by atoms with E-state index in [1.54, 1.807) is 19.1 Å². The number of hydrogen-bond acceptors (Lipinski definition) is 8. The fourth-order valence-electron chi connectivity index (χ4n) is 3.64. The van der Waals surface area contributed by atoms with Gasteiger partial charge in [0.2, 0.25) is 5.91 Å². The summed E-state index contributed by atoms with van der Waals surface area (Å²) < 4.78 is 15.5. The lowest BCUT2D eigenvalue weighted by Gasteiger charge is -2.35. The van der Waals surface area contributed by atoms with E-state index in [0.717, 1.165) is 5.39 Å². The smallest absolute Gasteiger partial charge is 0.409 e. The number of pyridine rings is 1. The number of carboxylic acid groups (broad SMARTS) is 1. The standard InChI is InChI=1S/C23H28N4O8/c1-3-35-23(32)27-10-8-26(9-11-27)22(31)18(13-34-14-20(28)29)25-21(30)17-12-19(33-2)15-6-4-5-7-16(15)24-17/h4-7,12,18H,3,8-11,13-14H2,1-2H3,(H,25,30)(H,28,29)/t18-/m0/s1. The second kappa shape index (κ2) is 12.0. The van der Waals surface area contributed by atoms with Crippen molar-refractivity contribution in [3.05, 3.63) is 36.0 Å². The van der Waals surface area contributed by atoms with Crippen molar-refractivity contribution < 1.29 is 38.5 Å². The number of carbonyl (C=O) groups is 4. The molecule has 0 aliphatic carbocycles. The molecule has 0 bridgehead atoms. The van der Waals surface area contributed by atoms with E-state index >= 15 is 0 Å². The Morgan fingerprint density at radius 3 is 2.46 bits per heavy atom. The van der Waals surface area contributed by atoms with Crippen LogP contribution in [0.4, 0.5) is 4.79 Å². The number of rotatable bonds is 9. The Morgan fingerprint density at radius 2 is 1.80 bits per heavy atom. The highest BCUT2D eigenvalue weighted by Crippen LogP contribution is 2.25. The van der Waals surface area contributed by atoms with Gasteiger partial charge in [0.15, 0.2) is 0 Å². The topological polar surface area (TPSA) is 148 Å². The van der Waals surface area contributed by atoms with E-state index in [9.17, 15) is 19.2 Å². The number of carboxylic acids is 1. The van der Waals surface area contributed by atoms with Crippen molar-refractivity contribution in [1.82, 2.24) is 20.1 Å². The maximum Gasteiger partial charge on any atom is 0.409 e. The van der Waals surface area contributed by atoms with Gasteiger partial charge in [-0.05, 0) is 19.1 Å². The van der Waals surface area contributed by atoms with E-state index in [2.05, 4.69) is 10.3 Å². The van der Waals surface area contributed by atoms with Crippen LogP contribution in [0.3, 0.4) is 0 Å². The molecule has 12 nitrogen and oxygen atoms in total. The quantitative estimate of drug-likeness (QED) is 0.521. The molecule has 1 aliphatic rings. The number of amides is 3. The highest BCUT2D eigenvalue weighted by Gasteiger charge is 2.31. The van der Waals surface area contributed by atoms with Crippen molar-refractivity contribution in [2.45, 2.75) is 13.0 Å². The largest absolute Gasteiger partial charge is 0.496 e. The van der Waals surface area contributed by atoms with Crippen LogP contribution in [0.25, 0.3) is 10.9 Å². The fourth-order valence-corrected chi connectivity index (χ4v) is 3.64. The van der Waals surface area contributed by atoms with Gasteiger partial charge in [0, 0.05) is 37.6 Å². The van der Waals surface area contributed by atoms with Crippen LogP contribution in [0.15, 0.2) is 30.3 Å². The molecule has 1 aromatic carbocycles. The third kappa shape index (κ3) is 6.57. The lowest BCUT2D eigenvalue weighted by atomic mass is 10.1. The third-order valence-electron chi connectivity index (χ3n) is 5.36. The van der Waals surface area contributed by atoms with Crippen molar-refractivity contribution in [2.75, 3.05) is 53.1 Å². The summed E-state index contributed by atoms with van der Waals surface area (Å²) in [5, 5.41) is 12.2. The normalized spacial score (nSPS) is 14.3. The van der Waals surface area contributed by atoms with E-state index < -0.39 is 36.5 Å². The van der Waals surface area contributed by atoms with Gasteiger partial charge < -0.3 is 34.4 Å². The summed E-state index contributed by atoms with van der Waals surface area (Å²) in [4.78, 5) is 56.3. The number of para-hydroxylation sites is 1. The SMILES string of the molecule is CCOC(=O)N1CCN(C(=O)[C@H](COCC(=O)O)NC(=O)c2cc(OC)c3ccccc3n2)CC1. The Bertz CT molecular complexity index is 1080. The maximum atomic E-state index is 13.2. The van der Waals surface area contributed by atoms with Crippen LogP contribution in [-0.4, -0.2) is 103 Å². The molecule has 2 aromatic rings. The van der Waals surface area contributed by atoms with Crippen LogP contribution >= 0.6 is 0 Å². The first-order valence-corrected chi connectivity index (χ1v) is 11.1. The zero-order chi connectivity index (χ0) is 25.4. The first-order chi connectivity index (χ1) is 16.8. The van der Waals surface area contributed by atoms with Crippen molar-refractivity contribution in [3.63, 3.8) is 0 Å². The minimum Gasteiger partial charge on any atom is -0.496 e. The number of benzene rings is 1. The average Bonchev–Trinajstić information content (AvgIpc) is 2.86. The molecule has 188 valence electrons. The summed E-state index contributed by atoms with van der Waals surface area (Å²) in [5.74, 6) is -1.86. The number of piperazine rings is 1. The van der Waals surface area contributed by atoms with Gasteiger partial charge in [-0.25, -0.2) is 14.6 Å². The Morgan fingerprint density at radius 1 is 1.11 bits per heavy atom. The van der Waals surface area contributed by atoms with Crippen molar-refractivity contribution >= 4 is 34.8 Å². The zero-order valence-corrected chi connectivity index (χ0v) is 19.6. The number of hydrogen-bond donors (Lipinski definition) is 2. The number of methoxy groups -OCH3 is 1. The van der Waals surface area contributed by atoms with Crippen LogP contribution in [0.5, 0.6) is 5.75 Å². The van der Waals surface area contributed by atoms with Gasteiger partial charge in [0.1, 0.15) is 24.1 Å². The van der Waals surface area contributed by atoms with Gasteiger partial charge in [-0.3, -0.25) is 9.59 Å². The molecule has 1 saturated heterocycles. The van der Waals surface area contributed by atoms with Gasteiger partial charge in [0.25, 0.3) is 5.91 Å². The number of nitrogens with zero attached hydrogens (tertiary/aromatic N) is 3. The van der Waals surface area contributed by atoms with E-state index in [1.165, 1.54) is 23.0 Å². The molecule has 3 amide bonds. The van der Waals surface area contributed by atoms with Crippen LogP contribution in [-0.2, 0) is 19.1 Å². The molecule has 2 heterocycles. The van der Waals surface area contributed by atoms with E-state index in [4.69, 9.17) is 19.3 Å². The average molecular weight is 488 g/mol. The Kier molecular flexibility index (Phi) is 8.79. The van der Waals surface area contributed by atoms with Gasteiger partial charge >= 0.3 is 12.1 Å². The highest BCUT2D eigenvalue weighted by atomic mass is 16.6. The van der Waals surface area contributed by atoms with Crippen LogP contribution in [0, 0.1) is 0 Å². The van der Waals surface area contributed by atoms with Crippen LogP contribution < -0.4 is 10.1 Å². The molecule has 0 radical (unpaired) electrons. The second-order valence-electron chi connectivity index (χ2n) is 7.67. The van der Waals surface area contributed by atoms with E-state index in [0.29, 0.717) is 11.3 Å². The van der Waals surface area contributed by atoms with Gasteiger partial charge in [-0.2, -0.15) is 0 Å². The molecule has 1 fully saturated rings. The molecule has 12 heteroatoms. The van der Waals surface area contributed by atoms with Gasteiger partial charge in [0.05, 0.1) is 25.8 Å². The number of carbonyl (C=O) groups excluding carboxylic acids is 3. The first-order valence-electron chi connectivity index (χ1n) is 11.1. The highest BCUT2D eigenvalue weighted by molar-refractivity contribution is 5.99. The predicted octanol–water partition coefficient (Wildman–Crippen LogP) is 0.744. The molecule has 3 rings (SSSR count). The fraction of sp³-hybridized carbons (Fsp3) is 0.435. The molecule has 1 atom stereocenters. The summed E-state index contributed by atoms with van der Waals surface area (Å²) in [6.07, 6.45) is -0.453. The van der Waals surface area contributed by atoms with Crippen molar-refractivity contribution in [2.24, 2.45) is 0 Å². The molecular weight excluding hydrogens is 460 g/mol. The third-order valence-corrected chi connectivity index (χ3v) is 5.36. The number of aromatic nitrogens is 1. The van der Waals surface area contributed by atoms with Gasteiger partial charge in [-0.1, -0.05) is 12.1 Å². The Balaban J connectivity index is 1.74. The molecule has 0 unspecified atom stereocenters. The van der Waals surface area contributed by atoms with Gasteiger partial charge in [-0.15, -0.1) is 0 Å². The number of nitrogens with one attached hydrogen (secondary N) is 1. The minimum atomic E-state index is -1.20. The maximum absolute atomic E-state index is 13.2. The molecule has 1 aliphatic heterocycles. The van der Waals surface area contributed by atoms with Crippen LogP contribution in [0.2, 0.25) is 0 Å². The summed E-state index contributed by atoms with van der Waals surface area (Å²) in [5.41, 5.74) is 0.570.